The molecular formula is C31H39Cl2N3O2. The maximum absolute atomic E-state index is 14.5. The molecule has 0 spiro atoms. The van der Waals surface area contributed by atoms with Gasteiger partial charge in [0.05, 0.1) is 11.5 Å². The molecule has 5 nitrogen and oxygen atoms in total. The molecule has 2 saturated heterocycles. The highest BCUT2D eigenvalue weighted by Gasteiger charge is 2.51. The van der Waals surface area contributed by atoms with Crippen molar-refractivity contribution in [2.24, 2.45) is 5.41 Å². The van der Waals surface area contributed by atoms with Gasteiger partial charge in [0.25, 0.3) is 0 Å². The molecule has 4 atom stereocenters. The number of allylic oxidation sites excluding steroid dienone is 1. The van der Waals surface area contributed by atoms with Gasteiger partial charge in [0.1, 0.15) is 0 Å². The van der Waals surface area contributed by atoms with E-state index in [0.29, 0.717) is 22.9 Å². The lowest BCUT2D eigenvalue weighted by Gasteiger charge is -2.53. The molecule has 4 rings (SSSR count). The van der Waals surface area contributed by atoms with Gasteiger partial charge in [-0.05, 0) is 54.7 Å². The van der Waals surface area contributed by atoms with E-state index in [0.717, 1.165) is 50.3 Å². The first kappa shape index (κ1) is 28.7. The number of carbonyl (C=O) groups is 2. The Kier molecular flexibility index (Phi) is 9.23. The van der Waals surface area contributed by atoms with Gasteiger partial charge >= 0.3 is 0 Å². The Bertz CT molecular complexity index is 1150. The number of halogens is 2. The fourth-order valence-electron chi connectivity index (χ4n) is 6.25. The van der Waals surface area contributed by atoms with Crippen LogP contribution >= 0.6 is 23.2 Å². The predicted molar refractivity (Wildman–Crippen MR) is 156 cm³/mol. The Morgan fingerprint density at radius 2 is 1.76 bits per heavy atom. The number of hydrogen-bond acceptors (Lipinski definition) is 3. The molecule has 0 radical (unpaired) electrons. The van der Waals surface area contributed by atoms with Crippen molar-refractivity contribution in [3.63, 3.8) is 0 Å². The molecule has 0 unspecified atom stereocenters. The molecular weight excluding hydrogens is 517 g/mol. The van der Waals surface area contributed by atoms with Gasteiger partial charge in [-0.25, -0.2) is 0 Å². The summed E-state index contributed by atoms with van der Waals surface area (Å²) in [6.07, 6.45) is 4.01. The van der Waals surface area contributed by atoms with E-state index in [-0.39, 0.29) is 29.8 Å². The maximum Gasteiger partial charge on any atom is 0.229 e. The number of nitrogens with zero attached hydrogens (tertiary/aromatic N) is 3. The van der Waals surface area contributed by atoms with Crippen molar-refractivity contribution < 1.29 is 9.59 Å². The number of piperazine rings is 1. The average Bonchev–Trinajstić information content (AvgIpc) is 2.90. The monoisotopic (exact) mass is 555 g/mol. The van der Waals surface area contributed by atoms with E-state index in [2.05, 4.69) is 48.4 Å². The molecule has 2 aromatic carbocycles. The molecule has 2 fully saturated rings. The van der Waals surface area contributed by atoms with Crippen molar-refractivity contribution in [2.75, 3.05) is 32.7 Å². The van der Waals surface area contributed by atoms with Crippen molar-refractivity contribution in [1.82, 2.24) is 14.7 Å². The quantitative estimate of drug-likeness (QED) is 0.345. The van der Waals surface area contributed by atoms with Gasteiger partial charge in [0.15, 0.2) is 0 Å². The summed E-state index contributed by atoms with van der Waals surface area (Å²) in [5.74, 6) is 0.348. The second-order valence-corrected chi connectivity index (χ2v) is 11.9. The van der Waals surface area contributed by atoms with Crippen molar-refractivity contribution in [1.29, 1.82) is 0 Å². The van der Waals surface area contributed by atoms with Crippen LogP contribution in [-0.4, -0.2) is 65.3 Å². The molecule has 2 aliphatic heterocycles. The topological polar surface area (TPSA) is 43.9 Å². The Morgan fingerprint density at radius 1 is 1.08 bits per heavy atom. The Hall–Kier alpha value is -2.34. The number of hydrogen-bond donors (Lipinski definition) is 0. The first-order chi connectivity index (χ1) is 18.2. The lowest BCUT2D eigenvalue weighted by atomic mass is 9.67. The Balaban J connectivity index is 1.77. The zero-order chi connectivity index (χ0) is 27.4. The largest absolute Gasteiger partial charge is 0.340 e. The van der Waals surface area contributed by atoms with Crippen LogP contribution in [0.5, 0.6) is 0 Å². The van der Waals surface area contributed by atoms with Crippen LogP contribution in [0.15, 0.2) is 61.2 Å². The lowest BCUT2D eigenvalue weighted by Crippen LogP contribution is -2.59. The zero-order valence-corrected chi connectivity index (χ0v) is 24.2. The molecule has 0 aromatic heterocycles. The van der Waals surface area contributed by atoms with Crippen LogP contribution < -0.4 is 0 Å². The van der Waals surface area contributed by atoms with Crippen LogP contribution in [0.2, 0.25) is 10.0 Å². The van der Waals surface area contributed by atoms with E-state index in [1.54, 1.807) is 6.92 Å². The maximum atomic E-state index is 14.5. The van der Waals surface area contributed by atoms with E-state index in [9.17, 15) is 9.59 Å². The minimum Gasteiger partial charge on any atom is -0.340 e. The molecule has 0 bridgehead atoms. The van der Waals surface area contributed by atoms with E-state index < -0.39 is 5.41 Å². The summed E-state index contributed by atoms with van der Waals surface area (Å²) < 4.78 is 0. The van der Waals surface area contributed by atoms with Gasteiger partial charge in [-0.2, -0.15) is 0 Å². The number of benzene rings is 2. The number of piperidine rings is 1. The average molecular weight is 557 g/mol. The highest BCUT2D eigenvalue weighted by Crippen LogP contribution is 2.52. The summed E-state index contributed by atoms with van der Waals surface area (Å²) in [5.41, 5.74) is 1.64. The third kappa shape index (κ3) is 6.11. The summed E-state index contributed by atoms with van der Waals surface area (Å²) in [5, 5.41) is 1.37. The molecule has 2 aliphatic rings. The van der Waals surface area contributed by atoms with Gasteiger partial charge in [0.2, 0.25) is 11.8 Å². The second-order valence-electron chi connectivity index (χ2n) is 11.0. The van der Waals surface area contributed by atoms with Crippen LogP contribution in [0.1, 0.15) is 63.1 Å². The molecule has 2 amide bonds. The molecule has 0 saturated carbocycles. The third-order valence-electron chi connectivity index (χ3n) is 8.34. The molecule has 2 aromatic rings. The van der Waals surface area contributed by atoms with Crippen LogP contribution in [0, 0.1) is 5.41 Å². The van der Waals surface area contributed by atoms with Crippen molar-refractivity contribution >= 4 is 35.0 Å². The fourth-order valence-corrected chi connectivity index (χ4v) is 6.57. The van der Waals surface area contributed by atoms with Crippen LogP contribution in [0.25, 0.3) is 0 Å². The van der Waals surface area contributed by atoms with Gasteiger partial charge in [-0.3, -0.25) is 14.5 Å². The molecule has 2 heterocycles. The number of amides is 2. The highest BCUT2D eigenvalue weighted by molar-refractivity contribution is 6.30. The number of carbonyl (C=O) groups excluding carboxylic acids is 2. The summed E-state index contributed by atoms with van der Waals surface area (Å²) in [7, 11) is 0. The predicted octanol–water partition coefficient (Wildman–Crippen LogP) is 6.58. The van der Waals surface area contributed by atoms with Gasteiger partial charge in [-0.1, -0.05) is 67.4 Å². The summed E-state index contributed by atoms with van der Waals surface area (Å²) in [6, 6.07) is 15.8. The summed E-state index contributed by atoms with van der Waals surface area (Å²) >= 11 is 12.8. The Labute approximate surface area is 237 Å². The van der Waals surface area contributed by atoms with E-state index in [4.69, 9.17) is 23.2 Å². The smallest absolute Gasteiger partial charge is 0.229 e. The number of rotatable bonds is 8. The van der Waals surface area contributed by atoms with E-state index >= 15 is 0 Å². The first-order valence-electron chi connectivity index (χ1n) is 13.6. The Morgan fingerprint density at radius 3 is 2.34 bits per heavy atom. The number of likely N-dealkylation sites (tertiary alicyclic amines) is 1. The SMILES string of the molecule is C=CC[C@@]1(C)C[C@H](c2cccc(Cl)c2)[C@@H](c2ccc(Cl)cc2)N([C@@H](CC)CN2CCN(C(C)=O)CC2)C1=O. The summed E-state index contributed by atoms with van der Waals surface area (Å²) in [4.78, 5) is 32.8. The van der Waals surface area contributed by atoms with Crippen LogP contribution in [0.3, 0.4) is 0 Å². The standard InChI is InChI=1S/C31H39Cl2N3O2/c1-5-14-31(4)20-28(24-8-7-9-26(33)19-24)29(23-10-12-25(32)13-11-23)36(30(31)38)27(6-2)21-34-15-17-35(18-16-34)22(3)37/h5,7-13,19,27-29H,1,6,14-18,20-21H2,2-4H3/t27-,28+,29+,31-/m0/s1. The van der Waals surface area contributed by atoms with Gasteiger partial charge in [-0.15, -0.1) is 6.58 Å². The van der Waals surface area contributed by atoms with Crippen molar-refractivity contribution in [3.05, 3.63) is 82.4 Å². The molecule has 7 heteroatoms. The zero-order valence-electron chi connectivity index (χ0n) is 22.7. The summed E-state index contributed by atoms with van der Waals surface area (Å²) in [6.45, 7) is 13.7. The minimum atomic E-state index is -0.571. The van der Waals surface area contributed by atoms with Crippen molar-refractivity contribution in [2.45, 2.75) is 58.0 Å². The lowest BCUT2D eigenvalue weighted by molar-refractivity contribution is -0.155. The van der Waals surface area contributed by atoms with E-state index in [1.165, 1.54) is 0 Å². The minimum absolute atomic E-state index is 0.0122. The normalized spacial score (nSPS) is 25.3. The van der Waals surface area contributed by atoms with Crippen LogP contribution in [-0.2, 0) is 9.59 Å². The highest BCUT2D eigenvalue weighted by atomic mass is 35.5. The van der Waals surface area contributed by atoms with E-state index in [1.807, 2.05) is 41.3 Å². The second kappa shape index (κ2) is 12.2. The van der Waals surface area contributed by atoms with Crippen molar-refractivity contribution in [3.8, 4) is 0 Å². The molecule has 0 aliphatic carbocycles. The molecule has 38 heavy (non-hydrogen) atoms. The fraction of sp³-hybridized carbons (Fsp3) is 0.484. The van der Waals surface area contributed by atoms with Crippen LogP contribution in [0.4, 0.5) is 0 Å². The first-order valence-corrected chi connectivity index (χ1v) is 14.3. The third-order valence-corrected chi connectivity index (χ3v) is 8.82. The molecule has 204 valence electrons. The molecule has 0 N–H and O–H groups in total. The van der Waals surface area contributed by atoms with Gasteiger partial charge in [0, 0.05) is 61.7 Å². The van der Waals surface area contributed by atoms with Gasteiger partial charge < -0.3 is 9.80 Å².